The van der Waals surface area contributed by atoms with Crippen LogP contribution in [0.1, 0.15) is 46.5 Å². The molecule has 2 heteroatoms. The van der Waals surface area contributed by atoms with Crippen LogP contribution in [0, 0.1) is 11.8 Å². The van der Waals surface area contributed by atoms with E-state index in [4.69, 9.17) is 5.73 Å². The largest absolute Gasteiger partial charge is 0.319 e. The molecule has 1 fully saturated rings. The average molecular weight is 183 g/mol. The van der Waals surface area contributed by atoms with E-state index in [9.17, 15) is 4.79 Å². The Morgan fingerprint density at radius 2 is 2.08 bits per heavy atom. The molecule has 2 nitrogen and oxygen atoms in total. The van der Waals surface area contributed by atoms with Crippen molar-refractivity contribution in [1.29, 1.82) is 0 Å². The molecule has 1 unspecified atom stereocenters. The lowest BCUT2D eigenvalue weighted by Crippen LogP contribution is -2.47. The summed E-state index contributed by atoms with van der Waals surface area (Å²) >= 11 is 0. The molecule has 0 bridgehead atoms. The maximum absolute atomic E-state index is 11.7. The smallest absolute Gasteiger partial charge is 0.152 e. The highest BCUT2D eigenvalue weighted by atomic mass is 16.1. The predicted molar refractivity (Wildman–Crippen MR) is 54.4 cm³/mol. The molecule has 2 N–H and O–H groups in total. The number of Topliss-reactive ketones (excluding diaryl/α,β-unsaturated/α-hetero) is 1. The number of ketones is 1. The first kappa shape index (κ1) is 10.7. The molecule has 0 aromatic rings. The molecule has 0 spiro atoms. The fourth-order valence-electron chi connectivity index (χ4n) is 1.60. The molecule has 1 atom stereocenters. The van der Waals surface area contributed by atoms with Crippen molar-refractivity contribution in [1.82, 2.24) is 0 Å². The lowest BCUT2D eigenvalue weighted by Gasteiger charge is -2.22. The van der Waals surface area contributed by atoms with Gasteiger partial charge in [0.1, 0.15) is 0 Å². The Hall–Kier alpha value is -0.370. The van der Waals surface area contributed by atoms with Gasteiger partial charge >= 0.3 is 0 Å². The van der Waals surface area contributed by atoms with Gasteiger partial charge in [-0.25, -0.2) is 0 Å². The van der Waals surface area contributed by atoms with E-state index in [1.54, 1.807) is 0 Å². The van der Waals surface area contributed by atoms with Crippen molar-refractivity contribution in [2.45, 2.75) is 52.0 Å². The van der Waals surface area contributed by atoms with Crippen LogP contribution in [0.25, 0.3) is 0 Å². The summed E-state index contributed by atoms with van der Waals surface area (Å²) in [5.41, 5.74) is 5.47. The summed E-state index contributed by atoms with van der Waals surface area (Å²) < 4.78 is 0. The zero-order valence-electron chi connectivity index (χ0n) is 8.97. The maximum atomic E-state index is 11.7. The highest BCUT2D eigenvalue weighted by Gasteiger charge is 2.43. The number of hydrogen-bond donors (Lipinski definition) is 1. The fraction of sp³-hybridized carbons (Fsp3) is 0.909. The van der Waals surface area contributed by atoms with Crippen molar-refractivity contribution in [2.75, 3.05) is 0 Å². The van der Waals surface area contributed by atoms with Crippen molar-refractivity contribution < 1.29 is 4.79 Å². The topological polar surface area (TPSA) is 43.1 Å². The summed E-state index contributed by atoms with van der Waals surface area (Å²) in [6.45, 7) is 6.17. The summed E-state index contributed by atoms with van der Waals surface area (Å²) in [6.07, 6.45) is 3.90. The zero-order chi connectivity index (χ0) is 10.1. The van der Waals surface area contributed by atoms with Crippen LogP contribution in [0.2, 0.25) is 0 Å². The Kier molecular flexibility index (Phi) is 3.12. The first-order valence-corrected chi connectivity index (χ1v) is 5.26. The van der Waals surface area contributed by atoms with Gasteiger partial charge < -0.3 is 5.73 Å². The number of rotatable bonds is 5. The summed E-state index contributed by atoms with van der Waals surface area (Å²) in [5.74, 6) is 1.31. The molecule has 1 aliphatic rings. The predicted octanol–water partition coefficient (Wildman–Crippen LogP) is 2.12. The van der Waals surface area contributed by atoms with Crippen molar-refractivity contribution in [3.63, 3.8) is 0 Å². The Morgan fingerprint density at radius 1 is 1.54 bits per heavy atom. The number of carbonyl (C=O) groups is 1. The van der Waals surface area contributed by atoms with Crippen LogP contribution >= 0.6 is 0 Å². The van der Waals surface area contributed by atoms with Crippen LogP contribution in [0.3, 0.4) is 0 Å². The van der Waals surface area contributed by atoms with Gasteiger partial charge in [0, 0.05) is 6.42 Å². The van der Waals surface area contributed by atoms with Crippen molar-refractivity contribution in [3.8, 4) is 0 Å². The third kappa shape index (κ3) is 2.80. The third-order valence-electron chi connectivity index (χ3n) is 2.97. The number of carbonyl (C=O) groups excluding carboxylic acids is 1. The normalized spacial score (nSPS) is 21.6. The monoisotopic (exact) mass is 183 g/mol. The van der Waals surface area contributed by atoms with E-state index in [0.29, 0.717) is 18.3 Å². The van der Waals surface area contributed by atoms with Crippen LogP contribution in [0.15, 0.2) is 0 Å². The first-order chi connectivity index (χ1) is 5.94. The third-order valence-corrected chi connectivity index (χ3v) is 2.97. The molecule has 0 aromatic carbocycles. The van der Waals surface area contributed by atoms with Crippen molar-refractivity contribution in [3.05, 3.63) is 0 Å². The van der Waals surface area contributed by atoms with Crippen molar-refractivity contribution >= 4 is 5.78 Å². The maximum Gasteiger partial charge on any atom is 0.152 e. The number of nitrogens with two attached hydrogens (primary N) is 1. The summed E-state index contributed by atoms with van der Waals surface area (Å²) in [5, 5.41) is 0. The molecule has 0 aliphatic heterocycles. The molecule has 1 rings (SSSR count). The average Bonchev–Trinajstić information content (AvgIpc) is 2.81. The second-order valence-electron chi connectivity index (χ2n) is 4.91. The van der Waals surface area contributed by atoms with E-state index < -0.39 is 5.54 Å². The van der Waals surface area contributed by atoms with E-state index in [2.05, 4.69) is 13.8 Å². The van der Waals surface area contributed by atoms with Gasteiger partial charge in [-0.15, -0.1) is 0 Å². The van der Waals surface area contributed by atoms with Crippen LogP contribution in [-0.4, -0.2) is 11.3 Å². The second kappa shape index (κ2) is 3.79. The molecule has 0 amide bonds. The van der Waals surface area contributed by atoms with Gasteiger partial charge in [0.25, 0.3) is 0 Å². The first-order valence-electron chi connectivity index (χ1n) is 5.26. The van der Waals surface area contributed by atoms with E-state index in [1.165, 1.54) is 0 Å². The minimum atomic E-state index is -0.533. The van der Waals surface area contributed by atoms with Gasteiger partial charge in [-0.05, 0) is 38.0 Å². The minimum absolute atomic E-state index is 0.253. The Bertz CT molecular complexity index is 192. The minimum Gasteiger partial charge on any atom is -0.319 e. The molecule has 13 heavy (non-hydrogen) atoms. The summed E-state index contributed by atoms with van der Waals surface area (Å²) in [6, 6.07) is 0. The molecule has 1 aliphatic carbocycles. The SMILES string of the molecule is CC(C)CCC(=O)C(C)(N)C1CC1. The van der Waals surface area contributed by atoms with Crippen LogP contribution in [-0.2, 0) is 4.79 Å². The van der Waals surface area contributed by atoms with Crippen LogP contribution in [0.5, 0.6) is 0 Å². The molecular formula is C11H21NO. The van der Waals surface area contributed by atoms with Crippen LogP contribution in [0.4, 0.5) is 0 Å². The van der Waals surface area contributed by atoms with Gasteiger partial charge in [-0.2, -0.15) is 0 Å². The second-order valence-corrected chi connectivity index (χ2v) is 4.91. The van der Waals surface area contributed by atoms with E-state index in [0.717, 1.165) is 19.3 Å². The van der Waals surface area contributed by atoms with Gasteiger partial charge in [0.05, 0.1) is 5.54 Å². The summed E-state index contributed by atoms with van der Waals surface area (Å²) in [7, 11) is 0. The molecule has 1 saturated carbocycles. The molecule has 76 valence electrons. The zero-order valence-corrected chi connectivity index (χ0v) is 8.97. The lowest BCUT2D eigenvalue weighted by atomic mass is 9.88. The van der Waals surface area contributed by atoms with Gasteiger partial charge in [-0.1, -0.05) is 13.8 Å². The lowest BCUT2D eigenvalue weighted by molar-refractivity contribution is -0.124. The molecular weight excluding hydrogens is 162 g/mol. The van der Waals surface area contributed by atoms with Crippen LogP contribution < -0.4 is 5.73 Å². The molecule has 0 heterocycles. The van der Waals surface area contributed by atoms with E-state index in [1.807, 2.05) is 6.92 Å². The highest BCUT2D eigenvalue weighted by Crippen LogP contribution is 2.39. The standard InChI is InChI=1S/C11H21NO/c1-8(2)4-7-10(13)11(3,12)9-5-6-9/h8-9H,4-7,12H2,1-3H3. The number of hydrogen-bond acceptors (Lipinski definition) is 2. The Morgan fingerprint density at radius 3 is 2.46 bits per heavy atom. The summed E-state index contributed by atoms with van der Waals surface area (Å²) in [4.78, 5) is 11.7. The molecule has 0 saturated heterocycles. The van der Waals surface area contributed by atoms with Crippen molar-refractivity contribution in [2.24, 2.45) is 17.6 Å². The fourth-order valence-corrected chi connectivity index (χ4v) is 1.60. The Labute approximate surface area is 80.9 Å². The van der Waals surface area contributed by atoms with E-state index >= 15 is 0 Å². The molecule has 0 radical (unpaired) electrons. The Balaban J connectivity index is 2.37. The van der Waals surface area contributed by atoms with E-state index in [-0.39, 0.29) is 5.78 Å². The molecule has 0 aromatic heterocycles. The van der Waals surface area contributed by atoms with Gasteiger partial charge in [-0.3, -0.25) is 4.79 Å². The highest BCUT2D eigenvalue weighted by molar-refractivity contribution is 5.88. The van der Waals surface area contributed by atoms with Gasteiger partial charge in [0.2, 0.25) is 0 Å². The van der Waals surface area contributed by atoms with Gasteiger partial charge in [0.15, 0.2) is 5.78 Å². The quantitative estimate of drug-likeness (QED) is 0.709.